The second-order valence-corrected chi connectivity index (χ2v) is 6.74. The number of amidine groups is 1. The fourth-order valence-electron chi connectivity index (χ4n) is 2.04. The Bertz CT molecular complexity index is 494. The van der Waals surface area contributed by atoms with Gasteiger partial charge >= 0.3 is 0 Å². The zero-order valence-electron chi connectivity index (χ0n) is 11.8. The van der Waals surface area contributed by atoms with Crippen molar-refractivity contribution < 1.29 is 4.79 Å². The van der Waals surface area contributed by atoms with Gasteiger partial charge in [-0.2, -0.15) is 0 Å². The molecule has 1 atom stereocenters. The number of rotatable bonds is 3. The molecule has 3 nitrogen and oxygen atoms in total. The molecule has 0 saturated carbocycles. The quantitative estimate of drug-likeness (QED) is 0.921. The summed E-state index contributed by atoms with van der Waals surface area (Å²) in [6.45, 7) is 8.24. The molecule has 1 saturated heterocycles. The summed E-state index contributed by atoms with van der Waals surface area (Å²) in [5.41, 5.74) is 0.813. The van der Waals surface area contributed by atoms with E-state index in [0.717, 1.165) is 10.7 Å². The fourth-order valence-corrected chi connectivity index (χ4v) is 3.16. The third kappa shape index (κ3) is 3.18. The Kier molecular flexibility index (Phi) is 3.99. The number of hydrogen-bond acceptors (Lipinski definition) is 3. The highest BCUT2D eigenvalue weighted by atomic mass is 32.2. The van der Waals surface area contributed by atoms with E-state index in [4.69, 9.17) is 4.99 Å². The van der Waals surface area contributed by atoms with Gasteiger partial charge in [-0.15, -0.1) is 0 Å². The normalized spacial score (nSPS) is 22.1. The molecule has 1 aliphatic rings. The smallest absolute Gasteiger partial charge is 0.239 e. The molecule has 1 amide bonds. The summed E-state index contributed by atoms with van der Waals surface area (Å²) in [5, 5.41) is 3.60. The SMILES string of the molecule is CC(C)C1SC(=NC(C)(C)c2ccccc2)NC1=O. The monoisotopic (exact) mass is 276 g/mol. The number of carbonyl (C=O) groups is 1. The molecule has 4 heteroatoms. The van der Waals surface area contributed by atoms with Crippen molar-refractivity contribution >= 4 is 22.8 Å². The first kappa shape index (κ1) is 14.1. The molecule has 0 aliphatic carbocycles. The van der Waals surface area contributed by atoms with Gasteiger partial charge in [-0.25, -0.2) is 0 Å². The van der Waals surface area contributed by atoms with Crippen molar-refractivity contribution in [1.29, 1.82) is 0 Å². The predicted molar refractivity (Wildman–Crippen MR) is 81.3 cm³/mol. The Morgan fingerprint density at radius 2 is 1.89 bits per heavy atom. The molecule has 0 bridgehead atoms. The average molecular weight is 276 g/mol. The molecule has 0 spiro atoms. The number of aliphatic imine (C=N–C) groups is 1. The lowest BCUT2D eigenvalue weighted by molar-refractivity contribution is -0.119. The van der Waals surface area contributed by atoms with Gasteiger partial charge in [-0.05, 0) is 25.3 Å². The molecular weight excluding hydrogens is 256 g/mol. The first-order valence-corrected chi connectivity index (χ1v) is 7.41. The van der Waals surface area contributed by atoms with Gasteiger partial charge < -0.3 is 5.32 Å². The second-order valence-electron chi connectivity index (χ2n) is 5.61. The summed E-state index contributed by atoms with van der Waals surface area (Å²) in [6.07, 6.45) is 0. The molecule has 102 valence electrons. The number of hydrogen-bond donors (Lipinski definition) is 1. The molecule has 1 aromatic carbocycles. The zero-order chi connectivity index (χ0) is 14.0. The van der Waals surface area contributed by atoms with E-state index >= 15 is 0 Å². The lowest BCUT2D eigenvalue weighted by atomic mass is 9.95. The number of nitrogens with zero attached hydrogens (tertiary/aromatic N) is 1. The highest BCUT2D eigenvalue weighted by Crippen LogP contribution is 2.30. The summed E-state index contributed by atoms with van der Waals surface area (Å²) in [6, 6.07) is 10.1. The predicted octanol–water partition coefficient (Wildman–Crippen LogP) is 3.17. The largest absolute Gasteiger partial charge is 0.304 e. The minimum atomic E-state index is -0.331. The Morgan fingerprint density at radius 1 is 1.26 bits per heavy atom. The van der Waals surface area contributed by atoms with Crippen LogP contribution >= 0.6 is 11.8 Å². The number of thioether (sulfide) groups is 1. The van der Waals surface area contributed by atoms with Crippen molar-refractivity contribution in [3.05, 3.63) is 35.9 Å². The van der Waals surface area contributed by atoms with Crippen LogP contribution in [0.1, 0.15) is 33.3 Å². The van der Waals surface area contributed by atoms with Crippen LogP contribution in [-0.2, 0) is 10.3 Å². The number of carbonyl (C=O) groups excluding carboxylic acids is 1. The van der Waals surface area contributed by atoms with Crippen molar-refractivity contribution in [2.24, 2.45) is 10.9 Å². The van der Waals surface area contributed by atoms with Crippen LogP contribution in [0.3, 0.4) is 0 Å². The van der Waals surface area contributed by atoms with Gasteiger partial charge in [0.25, 0.3) is 0 Å². The van der Waals surface area contributed by atoms with Crippen molar-refractivity contribution in [2.75, 3.05) is 0 Å². The van der Waals surface area contributed by atoms with Crippen LogP contribution in [0.5, 0.6) is 0 Å². The van der Waals surface area contributed by atoms with E-state index in [2.05, 4.69) is 45.1 Å². The molecule has 1 fully saturated rings. The van der Waals surface area contributed by atoms with Crippen LogP contribution in [0.15, 0.2) is 35.3 Å². The van der Waals surface area contributed by atoms with Gasteiger partial charge in [0.05, 0.1) is 10.8 Å². The lowest BCUT2D eigenvalue weighted by Gasteiger charge is -2.20. The maximum atomic E-state index is 11.8. The molecule has 0 aromatic heterocycles. The highest BCUT2D eigenvalue weighted by Gasteiger charge is 2.34. The van der Waals surface area contributed by atoms with Gasteiger partial charge in [0.1, 0.15) is 0 Å². The average Bonchev–Trinajstić information content (AvgIpc) is 2.71. The van der Waals surface area contributed by atoms with Crippen LogP contribution in [0, 0.1) is 5.92 Å². The Balaban J connectivity index is 2.21. The first-order valence-electron chi connectivity index (χ1n) is 6.53. The molecule has 1 N–H and O–H groups in total. The molecular formula is C15H20N2OS. The van der Waals surface area contributed by atoms with Crippen LogP contribution in [0.2, 0.25) is 0 Å². The molecule has 0 radical (unpaired) electrons. The van der Waals surface area contributed by atoms with Gasteiger partial charge in [0, 0.05) is 0 Å². The molecule has 1 aliphatic heterocycles. The van der Waals surface area contributed by atoms with E-state index in [1.165, 1.54) is 11.8 Å². The Hall–Kier alpha value is -1.29. The van der Waals surface area contributed by atoms with Gasteiger partial charge in [-0.3, -0.25) is 9.79 Å². The maximum Gasteiger partial charge on any atom is 0.239 e. The van der Waals surface area contributed by atoms with Crippen LogP contribution < -0.4 is 5.32 Å². The van der Waals surface area contributed by atoms with E-state index in [-0.39, 0.29) is 16.7 Å². The topological polar surface area (TPSA) is 41.5 Å². The lowest BCUT2D eigenvalue weighted by Crippen LogP contribution is -2.28. The van der Waals surface area contributed by atoms with E-state index in [9.17, 15) is 4.79 Å². The first-order chi connectivity index (χ1) is 8.90. The highest BCUT2D eigenvalue weighted by molar-refractivity contribution is 8.15. The van der Waals surface area contributed by atoms with Gasteiger partial charge in [0.15, 0.2) is 5.17 Å². The van der Waals surface area contributed by atoms with Crippen LogP contribution in [0.4, 0.5) is 0 Å². The molecule has 2 rings (SSSR count). The second kappa shape index (κ2) is 5.37. The third-order valence-corrected chi connectivity index (χ3v) is 4.62. The van der Waals surface area contributed by atoms with Gasteiger partial charge in [0.2, 0.25) is 5.91 Å². The minimum absolute atomic E-state index is 0.0228. The van der Waals surface area contributed by atoms with Crippen LogP contribution in [0.25, 0.3) is 0 Å². The number of nitrogens with one attached hydrogen (secondary N) is 1. The number of benzene rings is 1. The van der Waals surface area contributed by atoms with E-state index in [1.807, 2.05) is 18.2 Å². The van der Waals surface area contributed by atoms with Crippen molar-refractivity contribution in [3.63, 3.8) is 0 Å². The minimum Gasteiger partial charge on any atom is -0.304 e. The third-order valence-electron chi connectivity index (χ3n) is 3.19. The Labute approximate surface area is 118 Å². The molecule has 1 aromatic rings. The van der Waals surface area contributed by atoms with Gasteiger partial charge in [-0.1, -0.05) is 55.9 Å². The van der Waals surface area contributed by atoms with E-state index in [0.29, 0.717) is 5.92 Å². The number of amides is 1. The van der Waals surface area contributed by atoms with Crippen molar-refractivity contribution in [3.8, 4) is 0 Å². The van der Waals surface area contributed by atoms with E-state index < -0.39 is 0 Å². The molecule has 19 heavy (non-hydrogen) atoms. The van der Waals surface area contributed by atoms with Crippen molar-refractivity contribution in [1.82, 2.24) is 5.32 Å². The van der Waals surface area contributed by atoms with Crippen LogP contribution in [-0.4, -0.2) is 16.3 Å². The maximum absolute atomic E-state index is 11.8. The summed E-state index contributed by atoms with van der Waals surface area (Å²) < 4.78 is 0. The summed E-state index contributed by atoms with van der Waals surface area (Å²) >= 11 is 1.54. The summed E-state index contributed by atoms with van der Waals surface area (Å²) in [5.74, 6) is 0.389. The van der Waals surface area contributed by atoms with E-state index in [1.54, 1.807) is 0 Å². The zero-order valence-corrected chi connectivity index (χ0v) is 12.6. The Morgan fingerprint density at radius 3 is 2.42 bits per heavy atom. The van der Waals surface area contributed by atoms with Crippen molar-refractivity contribution in [2.45, 2.75) is 38.5 Å². The molecule has 1 unspecified atom stereocenters. The standard InChI is InChI=1S/C15H20N2OS/c1-10(2)12-13(18)16-14(19-12)17-15(3,4)11-8-6-5-7-9-11/h5-10,12H,1-4H3,(H,16,17,18). The fraction of sp³-hybridized carbons (Fsp3) is 0.467. The summed E-state index contributed by atoms with van der Waals surface area (Å²) in [7, 11) is 0. The summed E-state index contributed by atoms with van der Waals surface area (Å²) in [4.78, 5) is 16.5. The molecule has 1 heterocycles.